The van der Waals surface area contributed by atoms with E-state index in [9.17, 15) is 13.6 Å². The van der Waals surface area contributed by atoms with Gasteiger partial charge < -0.3 is 5.32 Å². The molecule has 0 aliphatic rings. The lowest BCUT2D eigenvalue weighted by Gasteiger charge is -2.14. The van der Waals surface area contributed by atoms with Crippen molar-refractivity contribution in [3.05, 3.63) is 90.0 Å². The minimum atomic E-state index is -0.829. The summed E-state index contributed by atoms with van der Waals surface area (Å²) in [4.78, 5) is 12.7. The third kappa shape index (κ3) is 4.55. The van der Waals surface area contributed by atoms with Crippen LogP contribution in [0, 0.1) is 18.6 Å². The largest absolute Gasteiger partial charge is 0.320 e. The Morgan fingerprint density at radius 2 is 1.59 bits per heavy atom. The molecule has 4 aromatic rings. The third-order valence-corrected chi connectivity index (χ3v) is 5.86. The van der Waals surface area contributed by atoms with E-state index in [1.54, 1.807) is 6.92 Å². The summed E-state index contributed by atoms with van der Waals surface area (Å²) in [7, 11) is 0. The Bertz CT molecular complexity index is 1220. The molecule has 1 heterocycles. The van der Waals surface area contributed by atoms with Crippen molar-refractivity contribution in [3.63, 3.8) is 0 Å². The fraction of sp³-hybridized carbons (Fsp3) is 0.125. The van der Waals surface area contributed by atoms with Crippen LogP contribution in [0.25, 0.3) is 17.1 Å². The summed E-state index contributed by atoms with van der Waals surface area (Å²) < 4.78 is 29.7. The van der Waals surface area contributed by atoms with Gasteiger partial charge in [-0.05, 0) is 38.1 Å². The van der Waals surface area contributed by atoms with Crippen molar-refractivity contribution in [2.45, 2.75) is 24.3 Å². The zero-order valence-corrected chi connectivity index (χ0v) is 18.2. The van der Waals surface area contributed by atoms with Crippen molar-refractivity contribution in [3.8, 4) is 17.1 Å². The standard InChI is InChI=1S/C24H20F2N4OS/c1-15-11-13-18(14-12-15)30-22(17-7-4-3-5-8-17)28-29-24(30)32-16(2)23(31)27-21-19(25)9-6-10-20(21)26/h3-14,16H,1-2H3,(H,27,31). The average Bonchev–Trinajstić information content (AvgIpc) is 3.20. The lowest BCUT2D eigenvalue weighted by molar-refractivity contribution is -0.115. The van der Waals surface area contributed by atoms with Crippen molar-refractivity contribution < 1.29 is 13.6 Å². The van der Waals surface area contributed by atoms with E-state index < -0.39 is 28.5 Å². The van der Waals surface area contributed by atoms with Crippen LogP contribution in [0.3, 0.4) is 0 Å². The smallest absolute Gasteiger partial charge is 0.237 e. The topological polar surface area (TPSA) is 59.8 Å². The van der Waals surface area contributed by atoms with E-state index in [4.69, 9.17) is 0 Å². The maximum atomic E-state index is 13.9. The van der Waals surface area contributed by atoms with E-state index in [0.717, 1.165) is 40.7 Å². The highest BCUT2D eigenvalue weighted by molar-refractivity contribution is 8.00. The molecular weight excluding hydrogens is 430 g/mol. The minimum absolute atomic E-state index is 0.463. The molecule has 4 rings (SSSR count). The molecule has 0 fully saturated rings. The molecular formula is C24H20F2N4OS. The highest BCUT2D eigenvalue weighted by Gasteiger charge is 2.23. The number of amides is 1. The van der Waals surface area contributed by atoms with Crippen LogP contribution in [0.2, 0.25) is 0 Å². The molecule has 5 nitrogen and oxygen atoms in total. The molecule has 1 N–H and O–H groups in total. The fourth-order valence-electron chi connectivity index (χ4n) is 3.10. The number of aryl methyl sites for hydroxylation is 1. The van der Waals surface area contributed by atoms with Crippen LogP contribution in [0.1, 0.15) is 12.5 Å². The van der Waals surface area contributed by atoms with Crippen LogP contribution >= 0.6 is 11.8 Å². The summed E-state index contributed by atoms with van der Waals surface area (Å²) in [6.07, 6.45) is 0. The van der Waals surface area contributed by atoms with Crippen molar-refractivity contribution >= 4 is 23.4 Å². The molecule has 32 heavy (non-hydrogen) atoms. The average molecular weight is 451 g/mol. The molecule has 0 radical (unpaired) electrons. The fourth-order valence-corrected chi connectivity index (χ4v) is 3.97. The number of carbonyl (C=O) groups is 1. The Morgan fingerprint density at radius 1 is 0.938 bits per heavy atom. The van der Waals surface area contributed by atoms with E-state index in [0.29, 0.717) is 11.0 Å². The normalized spacial score (nSPS) is 11.9. The van der Waals surface area contributed by atoms with Crippen LogP contribution < -0.4 is 5.32 Å². The van der Waals surface area contributed by atoms with E-state index in [1.807, 2.05) is 66.1 Å². The number of rotatable bonds is 6. The first-order valence-electron chi connectivity index (χ1n) is 9.93. The van der Waals surface area contributed by atoms with Crippen molar-refractivity contribution in [1.29, 1.82) is 0 Å². The second-order valence-electron chi connectivity index (χ2n) is 7.19. The number of benzene rings is 3. The maximum Gasteiger partial charge on any atom is 0.237 e. The zero-order chi connectivity index (χ0) is 22.7. The summed E-state index contributed by atoms with van der Waals surface area (Å²) in [6, 6.07) is 20.9. The Hall–Kier alpha value is -3.52. The molecule has 1 amide bonds. The van der Waals surface area contributed by atoms with Crippen LogP contribution in [-0.2, 0) is 4.79 Å². The third-order valence-electron chi connectivity index (χ3n) is 4.82. The quantitative estimate of drug-likeness (QED) is 0.386. The van der Waals surface area contributed by atoms with Gasteiger partial charge >= 0.3 is 0 Å². The van der Waals surface area contributed by atoms with Gasteiger partial charge in [-0.2, -0.15) is 0 Å². The molecule has 0 saturated heterocycles. The second-order valence-corrected chi connectivity index (χ2v) is 8.50. The highest BCUT2D eigenvalue weighted by atomic mass is 32.2. The number of carbonyl (C=O) groups excluding carboxylic acids is 1. The van der Waals surface area contributed by atoms with Crippen molar-refractivity contribution in [2.75, 3.05) is 5.32 Å². The van der Waals surface area contributed by atoms with Gasteiger partial charge in [0.15, 0.2) is 11.0 Å². The Labute approximate surface area is 188 Å². The molecule has 162 valence electrons. The van der Waals surface area contributed by atoms with Crippen molar-refractivity contribution in [2.24, 2.45) is 0 Å². The molecule has 0 saturated carbocycles. The molecule has 8 heteroatoms. The van der Waals surface area contributed by atoms with Crippen LogP contribution in [0.5, 0.6) is 0 Å². The highest BCUT2D eigenvalue weighted by Crippen LogP contribution is 2.31. The zero-order valence-electron chi connectivity index (χ0n) is 17.4. The molecule has 1 aromatic heterocycles. The molecule has 0 aliphatic carbocycles. The van der Waals surface area contributed by atoms with Gasteiger partial charge in [-0.3, -0.25) is 9.36 Å². The van der Waals surface area contributed by atoms with E-state index in [-0.39, 0.29) is 0 Å². The monoisotopic (exact) mass is 450 g/mol. The van der Waals surface area contributed by atoms with Gasteiger partial charge in [0.1, 0.15) is 17.3 Å². The lowest BCUT2D eigenvalue weighted by Crippen LogP contribution is -2.24. The summed E-state index contributed by atoms with van der Waals surface area (Å²) in [6.45, 7) is 3.65. The molecule has 1 atom stereocenters. The van der Waals surface area contributed by atoms with E-state index in [2.05, 4.69) is 15.5 Å². The number of nitrogens with one attached hydrogen (secondary N) is 1. The number of halogens is 2. The number of para-hydroxylation sites is 1. The van der Waals surface area contributed by atoms with Gasteiger partial charge in [-0.15, -0.1) is 10.2 Å². The number of nitrogens with zero attached hydrogens (tertiary/aromatic N) is 3. The number of hydrogen-bond acceptors (Lipinski definition) is 4. The van der Waals surface area contributed by atoms with Gasteiger partial charge in [0.25, 0.3) is 0 Å². The Kier molecular flexibility index (Phi) is 6.32. The molecule has 1 unspecified atom stereocenters. The summed E-state index contributed by atoms with van der Waals surface area (Å²) in [5.74, 6) is -1.57. The first kappa shape index (κ1) is 21.7. The molecule has 0 aliphatic heterocycles. The summed E-state index contributed by atoms with van der Waals surface area (Å²) in [5.41, 5.74) is 2.36. The lowest BCUT2D eigenvalue weighted by atomic mass is 10.2. The minimum Gasteiger partial charge on any atom is -0.320 e. The van der Waals surface area contributed by atoms with Crippen LogP contribution in [0.4, 0.5) is 14.5 Å². The van der Waals surface area contributed by atoms with Gasteiger partial charge in [-0.25, -0.2) is 8.78 Å². The number of thioether (sulfide) groups is 1. The van der Waals surface area contributed by atoms with Crippen LogP contribution in [0.15, 0.2) is 78.0 Å². The predicted octanol–water partition coefficient (Wildman–Crippen LogP) is 5.64. The predicted molar refractivity (Wildman–Crippen MR) is 122 cm³/mol. The Morgan fingerprint density at radius 3 is 2.25 bits per heavy atom. The summed E-state index contributed by atoms with van der Waals surface area (Å²) in [5, 5.41) is 10.8. The first-order chi connectivity index (χ1) is 15.4. The second kappa shape index (κ2) is 9.32. The Balaban J connectivity index is 1.65. The SMILES string of the molecule is Cc1ccc(-n2c(SC(C)C(=O)Nc3c(F)cccc3F)nnc2-c2ccccc2)cc1. The number of anilines is 1. The molecule has 0 bridgehead atoms. The molecule has 0 spiro atoms. The number of hydrogen-bond donors (Lipinski definition) is 1. The molecule has 3 aromatic carbocycles. The van der Waals surface area contributed by atoms with Gasteiger partial charge in [0.05, 0.1) is 5.25 Å². The van der Waals surface area contributed by atoms with Gasteiger partial charge in [0, 0.05) is 11.3 Å². The summed E-state index contributed by atoms with van der Waals surface area (Å²) >= 11 is 1.16. The van der Waals surface area contributed by atoms with Crippen LogP contribution in [-0.4, -0.2) is 25.9 Å². The first-order valence-corrected chi connectivity index (χ1v) is 10.8. The van der Waals surface area contributed by atoms with Gasteiger partial charge in [-0.1, -0.05) is 65.9 Å². The van der Waals surface area contributed by atoms with Gasteiger partial charge in [0.2, 0.25) is 5.91 Å². The maximum absolute atomic E-state index is 13.9. The van der Waals surface area contributed by atoms with E-state index in [1.165, 1.54) is 6.07 Å². The van der Waals surface area contributed by atoms with E-state index >= 15 is 0 Å². The van der Waals surface area contributed by atoms with Crippen molar-refractivity contribution in [1.82, 2.24) is 14.8 Å². The number of aromatic nitrogens is 3.